The van der Waals surface area contributed by atoms with Crippen molar-refractivity contribution in [3.05, 3.63) is 62.9 Å². The van der Waals surface area contributed by atoms with Crippen LogP contribution in [0.1, 0.15) is 22.3 Å². The van der Waals surface area contributed by atoms with Gasteiger partial charge in [-0.15, -0.1) is 4.73 Å². The Hall–Kier alpha value is -3.64. The van der Waals surface area contributed by atoms with Crippen molar-refractivity contribution in [2.75, 3.05) is 7.11 Å². The van der Waals surface area contributed by atoms with Gasteiger partial charge in [0.05, 0.1) is 34.2 Å². The summed E-state index contributed by atoms with van der Waals surface area (Å²) in [4.78, 5) is 22.5. The number of hydrogen-bond acceptors (Lipinski definition) is 5. The van der Waals surface area contributed by atoms with Gasteiger partial charge in [-0.1, -0.05) is 0 Å². The zero-order valence-corrected chi connectivity index (χ0v) is 14.0. The molecule has 0 aliphatic rings. The quantitative estimate of drug-likeness (QED) is 0.720. The van der Waals surface area contributed by atoms with Crippen molar-refractivity contribution in [3.8, 4) is 23.5 Å². The smallest absolute Gasteiger partial charge is 0.294 e. The van der Waals surface area contributed by atoms with Crippen molar-refractivity contribution in [1.29, 1.82) is 10.5 Å². The number of fused-ring (bicyclic) bond motifs is 1. The van der Waals surface area contributed by atoms with Crippen LogP contribution in [0.2, 0.25) is 0 Å². The summed E-state index contributed by atoms with van der Waals surface area (Å²) in [5.41, 5.74) is 3.23. The molecule has 2 aromatic carbocycles. The molecule has 0 spiro atoms. The molecular formula is C19H14N4O2. The van der Waals surface area contributed by atoms with Gasteiger partial charge in [-0.05, 0) is 55.3 Å². The second-order valence-electron chi connectivity index (χ2n) is 5.66. The molecule has 0 aliphatic heterocycles. The van der Waals surface area contributed by atoms with Gasteiger partial charge < -0.3 is 4.84 Å². The SMILES string of the molecule is COn1c(-c2ccc(C#N)c(C)c2)nc2cc(C#N)c(C)cc2c1=O. The molecule has 122 valence electrons. The minimum absolute atomic E-state index is 0.320. The molecule has 0 aliphatic carbocycles. The number of aryl methyl sites for hydroxylation is 2. The standard InChI is InChI=1S/C19H14N4O2/c1-11-6-13(4-5-14(11)9-20)18-22-17-8-15(10-21)12(2)7-16(17)19(24)23(18)25-3/h4-8H,1-3H3. The zero-order valence-electron chi connectivity index (χ0n) is 14.0. The van der Waals surface area contributed by atoms with Gasteiger partial charge >= 0.3 is 0 Å². The highest BCUT2D eigenvalue weighted by atomic mass is 16.7. The fraction of sp³-hybridized carbons (Fsp3) is 0.158. The lowest BCUT2D eigenvalue weighted by Gasteiger charge is -2.13. The Kier molecular flexibility index (Phi) is 3.96. The first-order valence-electron chi connectivity index (χ1n) is 7.53. The molecule has 0 unspecified atom stereocenters. The van der Waals surface area contributed by atoms with Crippen molar-refractivity contribution in [1.82, 2.24) is 9.71 Å². The number of hydrogen-bond donors (Lipinski definition) is 0. The number of nitrogens with zero attached hydrogens (tertiary/aromatic N) is 4. The van der Waals surface area contributed by atoms with Gasteiger partial charge in [0.2, 0.25) is 0 Å². The van der Waals surface area contributed by atoms with Crippen molar-refractivity contribution in [3.63, 3.8) is 0 Å². The van der Waals surface area contributed by atoms with E-state index in [1.807, 2.05) is 6.92 Å². The van der Waals surface area contributed by atoms with E-state index in [1.54, 1.807) is 37.3 Å². The van der Waals surface area contributed by atoms with Crippen LogP contribution >= 0.6 is 0 Å². The van der Waals surface area contributed by atoms with E-state index < -0.39 is 0 Å². The van der Waals surface area contributed by atoms with Crippen LogP contribution in [-0.4, -0.2) is 16.8 Å². The van der Waals surface area contributed by atoms with Crippen LogP contribution in [0.3, 0.4) is 0 Å². The van der Waals surface area contributed by atoms with Crippen molar-refractivity contribution < 1.29 is 4.84 Å². The van der Waals surface area contributed by atoms with Gasteiger partial charge in [-0.25, -0.2) is 4.98 Å². The normalized spacial score (nSPS) is 10.3. The third kappa shape index (κ3) is 2.60. The van der Waals surface area contributed by atoms with Crippen LogP contribution in [0.5, 0.6) is 0 Å². The molecule has 0 saturated heterocycles. The lowest BCUT2D eigenvalue weighted by Crippen LogP contribution is -2.28. The highest BCUT2D eigenvalue weighted by Gasteiger charge is 2.15. The van der Waals surface area contributed by atoms with Gasteiger partial charge in [0.15, 0.2) is 5.82 Å². The Morgan fingerprint density at radius 3 is 2.32 bits per heavy atom. The van der Waals surface area contributed by atoms with Crippen LogP contribution in [0.25, 0.3) is 22.3 Å². The van der Waals surface area contributed by atoms with Crippen molar-refractivity contribution >= 4 is 10.9 Å². The summed E-state index contributed by atoms with van der Waals surface area (Å²) in [6.07, 6.45) is 0. The predicted octanol–water partition coefficient (Wildman–Crippen LogP) is 2.48. The maximum Gasteiger partial charge on any atom is 0.294 e. The average molecular weight is 330 g/mol. The summed E-state index contributed by atoms with van der Waals surface area (Å²) >= 11 is 0. The molecule has 25 heavy (non-hydrogen) atoms. The van der Waals surface area contributed by atoms with E-state index in [4.69, 9.17) is 10.1 Å². The van der Waals surface area contributed by atoms with E-state index in [-0.39, 0.29) is 5.56 Å². The molecule has 0 fully saturated rings. The first-order valence-corrected chi connectivity index (χ1v) is 7.53. The van der Waals surface area contributed by atoms with Gasteiger partial charge in [-0.3, -0.25) is 4.79 Å². The van der Waals surface area contributed by atoms with Crippen LogP contribution < -0.4 is 10.4 Å². The number of benzene rings is 2. The van der Waals surface area contributed by atoms with Crippen LogP contribution in [0.15, 0.2) is 35.1 Å². The molecule has 1 heterocycles. The zero-order chi connectivity index (χ0) is 18.1. The third-order valence-electron chi connectivity index (χ3n) is 4.08. The minimum Gasteiger partial charge on any atom is -0.412 e. The second kappa shape index (κ2) is 6.10. The molecule has 0 atom stereocenters. The van der Waals surface area contributed by atoms with Crippen LogP contribution in [0.4, 0.5) is 0 Å². The van der Waals surface area contributed by atoms with Crippen molar-refractivity contribution in [2.45, 2.75) is 13.8 Å². The van der Waals surface area contributed by atoms with Crippen LogP contribution in [0, 0.1) is 36.5 Å². The van der Waals surface area contributed by atoms with Gasteiger partial charge in [0.25, 0.3) is 5.56 Å². The highest BCUT2D eigenvalue weighted by Crippen LogP contribution is 2.22. The molecule has 0 bridgehead atoms. The molecule has 1 aromatic heterocycles. The van der Waals surface area contributed by atoms with Crippen LogP contribution in [-0.2, 0) is 0 Å². The van der Waals surface area contributed by atoms with E-state index in [9.17, 15) is 10.1 Å². The summed E-state index contributed by atoms with van der Waals surface area (Å²) in [7, 11) is 1.39. The molecule has 0 amide bonds. The van der Waals surface area contributed by atoms with E-state index in [1.165, 1.54) is 7.11 Å². The summed E-state index contributed by atoms with van der Waals surface area (Å²) in [6, 6.07) is 12.6. The summed E-state index contributed by atoms with van der Waals surface area (Å²) in [5, 5.41) is 18.7. The molecule has 3 aromatic rings. The Balaban J connectivity index is 2.37. The lowest BCUT2D eigenvalue weighted by molar-refractivity contribution is 0.160. The first kappa shape index (κ1) is 16.2. The maximum absolute atomic E-state index is 12.8. The number of aromatic nitrogens is 2. The number of nitriles is 2. The van der Waals surface area contributed by atoms with E-state index in [2.05, 4.69) is 17.1 Å². The topological polar surface area (TPSA) is 91.7 Å². The predicted molar refractivity (Wildman–Crippen MR) is 92.8 cm³/mol. The monoisotopic (exact) mass is 330 g/mol. The summed E-state index contributed by atoms with van der Waals surface area (Å²) in [5.74, 6) is 0.320. The molecular weight excluding hydrogens is 316 g/mol. The lowest BCUT2D eigenvalue weighted by atomic mass is 10.0. The largest absolute Gasteiger partial charge is 0.412 e. The fourth-order valence-electron chi connectivity index (χ4n) is 2.73. The van der Waals surface area contributed by atoms with Gasteiger partial charge in [0, 0.05) is 5.56 Å². The summed E-state index contributed by atoms with van der Waals surface area (Å²) < 4.78 is 1.12. The third-order valence-corrected chi connectivity index (χ3v) is 4.08. The molecule has 6 nitrogen and oxygen atoms in total. The minimum atomic E-state index is -0.350. The maximum atomic E-state index is 12.8. The van der Waals surface area contributed by atoms with E-state index >= 15 is 0 Å². The highest BCUT2D eigenvalue weighted by molar-refractivity contribution is 5.82. The van der Waals surface area contributed by atoms with E-state index in [0.717, 1.165) is 10.3 Å². The van der Waals surface area contributed by atoms with Gasteiger partial charge in [-0.2, -0.15) is 10.5 Å². The first-order chi connectivity index (χ1) is 12.0. The average Bonchev–Trinajstić information content (AvgIpc) is 2.61. The Morgan fingerprint density at radius 2 is 1.72 bits per heavy atom. The van der Waals surface area contributed by atoms with Gasteiger partial charge in [0.1, 0.15) is 7.11 Å². The molecule has 0 radical (unpaired) electrons. The Bertz CT molecular complexity index is 1150. The fourth-order valence-corrected chi connectivity index (χ4v) is 2.73. The Morgan fingerprint density at radius 1 is 1.04 bits per heavy atom. The second-order valence-corrected chi connectivity index (χ2v) is 5.66. The molecule has 0 saturated carbocycles. The van der Waals surface area contributed by atoms with E-state index in [0.29, 0.717) is 39.0 Å². The molecule has 0 N–H and O–H groups in total. The molecule has 3 rings (SSSR count). The number of rotatable bonds is 2. The van der Waals surface area contributed by atoms with Crippen molar-refractivity contribution in [2.24, 2.45) is 0 Å². The Labute approximate surface area is 144 Å². The summed E-state index contributed by atoms with van der Waals surface area (Å²) in [6.45, 7) is 3.59. The molecule has 6 heteroatoms.